The molecule has 0 radical (unpaired) electrons. The van der Waals surface area contributed by atoms with E-state index in [0.717, 1.165) is 6.42 Å². The van der Waals surface area contributed by atoms with Gasteiger partial charge in [0, 0.05) is 6.54 Å². The summed E-state index contributed by atoms with van der Waals surface area (Å²) in [7, 11) is 0. The first-order chi connectivity index (χ1) is 16.0. The van der Waals surface area contributed by atoms with Gasteiger partial charge in [0.15, 0.2) is 5.96 Å². The molecule has 0 aromatic heterocycles. The number of hydrogen-bond acceptors (Lipinski definition) is 8. The van der Waals surface area contributed by atoms with Crippen LogP contribution in [-0.4, -0.2) is 84.0 Å². The maximum Gasteiger partial charge on any atom is 0.325 e. The van der Waals surface area contributed by atoms with Crippen LogP contribution in [0.2, 0.25) is 0 Å². The molecule has 0 bridgehead atoms. The molecule has 12 N–H and O–H groups in total. The molecule has 0 aliphatic rings. The molecule has 0 aromatic rings. The summed E-state index contributed by atoms with van der Waals surface area (Å²) >= 11 is 1.50. The number of carbonyl (C=O) groups excluding carboxylic acids is 3. The van der Waals surface area contributed by atoms with Crippen molar-refractivity contribution in [2.24, 2.45) is 27.9 Å². The van der Waals surface area contributed by atoms with E-state index in [4.69, 9.17) is 28.0 Å². The van der Waals surface area contributed by atoms with Gasteiger partial charge in [0.25, 0.3) is 0 Å². The number of nitrogens with zero attached hydrogens (tertiary/aromatic N) is 1. The molecular formula is C20H40N8O5S. The van der Waals surface area contributed by atoms with E-state index in [9.17, 15) is 19.2 Å². The Morgan fingerprint density at radius 3 is 2.06 bits per heavy atom. The minimum absolute atomic E-state index is 0.104. The van der Waals surface area contributed by atoms with Crippen LogP contribution in [0.25, 0.3) is 0 Å². The Bertz CT molecular complexity index is 690. The zero-order valence-corrected chi connectivity index (χ0v) is 20.7. The standard InChI is InChI=1S/C20H40N8O5S/c1-12(19(32)33)26-17(30)14(7-5-10-25-20(23)24)28-18(31)15(8-11-34-2)27-16(29)13(22)6-3-4-9-21/h12-15H,3-11,21-22H2,1-2H3,(H,26,30)(H,27,29)(H,28,31)(H,32,33)(H4,23,24,25). The van der Waals surface area contributed by atoms with E-state index >= 15 is 0 Å². The van der Waals surface area contributed by atoms with Crippen LogP contribution in [0.4, 0.5) is 0 Å². The number of carbonyl (C=O) groups is 4. The summed E-state index contributed by atoms with van der Waals surface area (Å²) in [5, 5.41) is 16.7. The van der Waals surface area contributed by atoms with E-state index in [0.29, 0.717) is 38.0 Å². The third-order valence-corrected chi connectivity index (χ3v) is 5.50. The Kier molecular flexibility index (Phi) is 16.5. The predicted octanol–water partition coefficient (Wildman–Crippen LogP) is -2.19. The molecule has 13 nitrogen and oxygen atoms in total. The third-order valence-electron chi connectivity index (χ3n) is 4.86. The molecule has 4 atom stereocenters. The van der Waals surface area contributed by atoms with Gasteiger partial charge in [-0.25, -0.2) is 0 Å². The first-order valence-corrected chi connectivity index (χ1v) is 12.6. The van der Waals surface area contributed by atoms with E-state index < -0.39 is 47.9 Å². The average molecular weight is 505 g/mol. The molecule has 0 aromatic carbocycles. The molecule has 196 valence electrons. The molecule has 0 spiro atoms. The van der Waals surface area contributed by atoms with Crippen molar-refractivity contribution in [3.63, 3.8) is 0 Å². The Balaban J connectivity index is 5.32. The van der Waals surface area contributed by atoms with Crippen molar-refractivity contribution in [3.05, 3.63) is 0 Å². The molecule has 0 heterocycles. The van der Waals surface area contributed by atoms with Crippen molar-refractivity contribution in [3.8, 4) is 0 Å². The number of aliphatic carboxylic acids is 1. The second-order valence-electron chi connectivity index (χ2n) is 7.81. The van der Waals surface area contributed by atoms with Gasteiger partial charge >= 0.3 is 5.97 Å². The van der Waals surface area contributed by atoms with Crippen molar-refractivity contribution >= 4 is 41.4 Å². The quantitative estimate of drug-likeness (QED) is 0.0569. The first kappa shape index (κ1) is 31.4. The molecule has 3 amide bonds. The Morgan fingerprint density at radius 2 is 1.50 bits per heavy atom. The SMILES string of the molecule is CSCCC(NC(=O)C(N)CCCCN)C(=O)NC(CCCN=C(N)N)C(=O)NC(C)C(=O)O. The van der Waals surface area contributed by atoms with Crippen molar-refractivity contribution in [2.75, 3.05) is 25.1 Å². The van der Waals surface area contributed by atoms with Crippen LogP contribution in [0, 0.1) is 0 Å². The number of hydrogen-bond donors (Lipinski definition) is 8. The monoisotopic (exact) mass is 504 g/mol. The lowest BCUT2D eigenvalue weighted by Crippen LogP contribution is -2.57. The third kappa shape index (κ3) is 13.9. The molecule has 0 saturated carbocycles. The van der Waals surface area contributed by atoms with Crippen LogP contribution in [0.3, 0.4) is 0 Å². The highest BCUT2D eigenvalue weighted by molar-refractivity contribution is 7.98. The molecule has 0 saturated heterocycles. The number of guanidine groups is 1. The van der Waals surface area contributed by atoms with E-state index in [1.165, 1.54) is 18.7 Å². The number of thioether (sulfide) groups is 1. The van der Waals surface area contributed by atoms with E-state index in [2.05, 4.69) is 20.9 Å². The summed E-state index contributed by atoms with van der Waals surface area (Å²) in [5.74, 6) is -2.44. The molecule has 0 aliphatic carbocycles. The van der Waals surface area contributed by atoms with Gasteiger partial charge in [-0.2, -0.15) is 11.8 Å². The number of unbranched alkanes of at least 4 members (excludes halogenated alkanes) is 1. The highest BCUT2D eigenvalue weighted by Gasteiger charge is 2.29. The number of nitrogens with one attached hydrogen (secondary N) is 3. The Hall–Kier alpha value is -2.58. The first-order valence-electron chi connectivity index (χ1n) is 11.2. The molecule has 0 fully saturated rings. The Labute approximate surface area is 204 Å². The van der Waals surface area contributed by atoms with Crippen LogP contribution >= 0.6 is 11.8 Å². The number of aliphatic imine (C=N–C) groups is 1. The summed E-state index contributed by atoms with van der Waals surface area (Å²) in [4.78, 5) is 53.1. The Morgan fingerprint density at radius 1 is 0.912 bits per heavy atom. The zero-order valence-electron chi connectivity index (χ0n) is 19.9. The largest absolute Gasteiger partial charge is 0.480 e. The van der Waals surface area contributed by atoms with Crippen LogP contribution in [0.5, 0.6) is 0 Å². The molecule has 4 unspecified atom stereocenters. The molecule has 14 heteroatoms. The maximum absolute atomic E-state index is 13.0. The summed E-state index contributed by atoms with van der Waals surface area (Å²) in [6, 6.07) is -3.89. The van der Waals surface area contributed by atoms with Crippen molar-refractivity contribution < 1.29 is 24.3 Å². The minimum Gasteiger partial charge on any atom is -0.480 e. The summed E-state index contributed by atoms with van der Waals surface area (Å²) in [6.45, 7) is 2.03. The smallest absolute Gasteiger partial charge is 0.325 e. The van der Waals surface area contributed by atoms with E-state index in [1.54, 1.807) is 0 Å². The normalized spacial score (nSPS) is 14.2. The average Bonchev–Trinajstić information content (AvgIpc) is 2.77. The van der Waals surface area contributed by atoms with Crippen molar-refractivity contribution in [2.45, 2.75) is 69.6 Å². The lowest BCUT2D eigenvalue weighted by atomic mass is 10.1. The van der Waals surface area contributed by atoms with Crippen LogP contribution < -0.4 is 38.9 Å². The second-order valence-corrected chi connectivity index (χ2v) is 8.80. The fourth-order valence-electron chi connectivity index (χ4n) is 2.84. The van der Waals surface area contributed by atoms with Gasteiger partial charge in [0.05, 0.1) is 6.04 Å². The fraction of sp³-hybridized carbons (Fsp3) is 0.750. The number of nitrogens with two attached hydrogens (primary N) is 4. The van der Waals surface area contributed by atoms with Gasteiger partial charge in [-0.15, -0.1) is 0 Å². The predicted molar refractivity (Wildman–Crippen MR) is 133 cm³/mol. The maximum atomic E-state index is 13.0. The topological polar surface area (TPSA) is 241 Å². The van der Waals surface area contributed by atoms with Gasteiger partial charge < -0.3 is 44.0 Å². The number of amides is 3. The fourth-order valence-corrected chi connectivity index (χ4v) is 3.31. The molecule has 0 rings (SSSR count). The van der Waals surface area contributed by atoms with Crippen molar-refractivity contribution in [1.29, 1.82) is 0 Å². The highest BCUT2D eigenvalue weighted by Crippen LogP contribution is 2.06. The molecule has 34 heavy (non-hydrogen) atoms. The zero-order chi connectivity index (χ0) is 26.1. The van der Waals surface area contributed by atoms with Crippen LogP contribution in [0.15, 0.2) is 4.99 Å². The van der Waals surface area contributed by atoms with Gasteiger partial charge in [-0.05, 0) is 57.6 Å². The minimum atomic E-state index is -1.22. The molecular weight excluding hydrogens is 464 g/mol. The van der Waals surface area contributed by atoms with E-state index in [-0.39, 0.29) is 18.9 Å². The van der Waals surface area contributed by atoms with Crippen LogP contribution in [-0.2, 0) is 19.2 Å². The van der Waals surface area contributed by atoms with Gasteiger partial charge in [0.2, 0.25) is 17.7 Å². The van der Waals surface area contributed by atoms with Gasteiger partial charge in [-0.3, -0.25) is 24.2 Å². The van der Waals surface area contributed by atoms with E-state index in [1.807, 2.05) is 6.26 Å². The summed E-state index contributed by atoms with van der Waals surface area (Å²) in [6.07, 6.45) is 4.55. The second kappa shape index (κ2) is 17.8. The molecule has 0 aliphatic heterocycles. The summed E-state index contributed by atoms with van der Waals surface area (Å²) in [5.41, 5.74) is 22.0. The lowest BCUT2D eigenvalue weighted by Gasteiger charge is -2.24. The van der Waals surface area contributed by atoms with Gasteiger partial charge in [-0.1, -0.05) is 6.42 Å². The number of carboxylic acids is 1. The number of rotatable bonds is 18. The van der Waals surface area contributed by atoms with Crippen LogP contribution in [0.1, 0.15) is 45.4 Å². The lowest BCUT2D eigenvalue weighted by molar-refractivity contribution is -0.141. The highest BCUT2D eigenvalue weighted by atomic mass is 32.2. The van der Waals surface area contributed by atoms with Crippen molar-refractivity contribution in [1.82, 2.24) is 16.0 Å². The number of carboxylic acid groups (broad SMARTS) is 1. The van der Waals surface area contributed by atoms with Gasteiger partial charge in [0.1, 0.15) is 18.1 Å². The summed E-state index contributed by atoms with van der Waals surface area (Å²) < 4.78 is 0.